The molecule has 6 nitrogen and oxygen atoms in total. The summed E-state index contributed by atoms with van der Waals surface area (Å²) in [6.45, 7) is 4.82. The molecule has 3 rings (SSSR count). The van der Waals surface area contributed by atoms with Crippen molar-refractivity contribution in [2.75, 3.05) is 36.0 Å². The molecular weight excluding hydrogens is 244 g/mol. The summed E-state index contributed by atoms with van der Waals surface area (Å²) in [6.07, 6.45) is 1.07. The quantitative estimate of drug-likeness (QED) is 0.779. The molecule has 0 bridgehead atoms. The van der Waals surface area contributed by atoms with Gasteiger partial charge in [-0.25, -0.2) is 9.97 Å². The third kappa shape index (κ3) is 2.64. The highest BCUT2D eigenvalue weighted by atomic mass is 16.3. The lowest BCUT2D eigenvalue weighted by Gasteiger charge is -2.21. The van der Waals surface area contributed by atoms with Crippen molar-refractivity contribution >= 4 is 11.6 Å². The predicted molar refractivity (Wildman–Crippen MR) is 72.4 cm³/mol. The molecule has 2 N–H and O–H groups in total. The lowest BCUT2D eigenvalue weighted by atomic mass is 10.3. The van der Waals surface area contributed by atoms with Crippen molar-refractivity contribution in [2.45, 2.75) is 32.0 Å². The molecule has 3 heterocycles. The zero-order valence-electron chi connectivity index (χ0n) is 11.2. The van der Waals surface area contributed by atoms with E-state index in [1.807, 2.05) is 13.0 Å². The number of nitrogens with zero attached hydrogens (tertiary/aromatic N) is 4. The maximum atomic E-state index is 9.62. The number of rotatable bonds is 2. The number of hydrogen-bond acceptors (Lipinski definition) is 6. The van der Waals surface area contributed by atoms with Crippen LogP contribution < -0.4 is 9.80 Å². The van der Waals surface area contributed by atoms with E-state index in [0.29, 0.717) is 13.1 Å². The summed E-state index contributed by atoms with van der Waals surface area (Å²) in [7, 11) is 0. The Labute approximate surface area is 112 Å². The Morgan fingerprint density at radius 2 is 1.47 bits per heavy atom. The van der Waals surface area contributed by atoms with E-state index in [1.165, 1.54) is 0 Å². The van der Waals surface area contributed by atoms with Gasteiger partial charge in [0.15, 0.2) is 0 Å². The van der Waals surface area contributed by atoms with Gasteiger partial charge in [0.1, 0.15) is 17.5 Å². The largest absolute Gasteiger partial charge is 0.391 e. The van der Waals surface area contributed by atoms with Crippen molar-refractivity contribution in [3.8, 4) is 0 Å². The number of aromatic nitrogens is 2. The second-order valence-electron chi connectivity index (χ2n) is 5.41. The Balaban J connectivity index is 1.84. The van der Waals surface area contributed by atoms with E-state index >= 15 is 0 Å². The fraction of sp³-hybridized carbons (Fsp3) is 0.692. The van der Waals surface area contributed by atoms with Gasteiger partial charge in [-0.05, 0) is 19.8 Å². The van der Waals surface area contributed by atoms with E-state index in [4.69, 9.17) is 0 Å². The first-order valence-electron chi connectivity index (χ1n) is 6.83. The van der Waals surface area contributed by atoms with E-state index in [2.05, 4.69) is 19.8 Å². The van der Waals surface area contributed by atoms with Crippen molar-refractivity contribution in [3.63, 3.8) is 0 Å². The molecular formula is C13H20N4O2. The summed E-state index contributed by atoms with van der Waals surface area (Å²) in [6, 6.07) is 1.96. The van der Waals surface area contributed by atoms with E-state index in [-0.39, 0.29) is 12.2 Å². The van der Waals surface area contributed by atoms with Crippen LogP contribution in [0.2, 0.25) is 0 Å². The lowest BCUT2D eigenvalue weighted by molar-refractivity contribution is 0.198. The van der Waals surface area contributed by atoms with Crippen LogP contribution in [0.25, 0.3) is 0 Å². The molecule has 0 saturated carbocycles. The number of anilines is 2. The van der Waals surface area contributed by atoms with E-state index in [1.54, 1.807) is 0 Å². The Bertz CT molecular complexity index is 430. The molecule has 2 saturated heterocycles. The molecule has 0 aromatic carbocycles. The molecule has 0 radical (unpaired) electrons. The van der Waals surface area contributed by atoms with Gasteiger partial charge in [-0.2, -0.15) is 0 Å². The first-order valence-corrected chi connectivity index (χ1v) is 6.83. The normalized spacial score (nSPS) is 27.3. The molecule has 0 unspecified atom stereocenters. The molecule has 104 valence electrons. The number of β-amino-alcohol motifs (C(OH)–C–C–N with tert-alkyl or cyclic N) is 2. The van der Waals surface area contributed by atoms with Crippen molar-refractivity contribution in [3.05, 3.63) is 11.9 Å². The maximum absolute atomic E-state index is 9.62. The molecule has 19 heavy (non-hydrogen) atoms. The van der Waals surface area contributed by atoms with Crippen LogP contribution in [-0.2, 0) is 0 Å². The smallest absolute Gasteiger partial charge is 0.134 e. The molecule has 2 atom stereocenters. The Morgan fingerprint density at radius 1 is 1.00 bits per heavy atom. The molecule has 1 aromatic rings. The van der Waals surface area contributed by atoms with E-state index < -0.39 is 0 Å². The molecule has 0 amide bonds. The second kappa shape index (κ2) is 4.94. The third-order valence-electron chi connectivity index (χ3n) is 3.79. The minimum atomic E-state index is -0.257. The maximum Gasteiger partial charge on any atom is 0.134 e. The van der Waals surface area contributed by atoms with Crippen molar-refractivity contribution < 1.29 is 10.2 Å². The van der Waals surface area contributed by atoms with Gasteiger partial charge in [-0.1, -0.05) is 0 Å². The minimum absolute atomic E-state index is 0.257. The fourth-order valence-corrected chi connectivity index (χ4v) is 2.76. The van der Waals surface area contributed by atoms with Gasteiger partial charge in [0.05, 0.1) is 12.2 Å². The average molecular weight is 264 g/mol. The van der Waals surface area contributed by atoms with Crippen LogP contribution in [0.5, 0.6) is 0 Å². The third-order valence-corrected chi connectivity index (χ3v) is 3.79. The summed E-state index contributed by atoms with van der Waals surface area (Å²) in [5.41, 5.74) is 0. The van der Waals surface area contributed by atoms with Crippen molar-refractivity contribution in [1.82, 2.24) is 9.97 Å². The molecule has 2 aliphatic heterocycles. The number of aryl methyl sites for hydroxylation is 1. The summed E-state index contributed by atoms with van der Waals surface area (Å²) in [4.78, 5) is 13.1. The Hall–Kier alpha value is -1.40. The monoisotopic (exact) mass is 264 g/mol. The standard InChI is InChI=1S/C13H20N4O2/c1-9-14-12(16-4-2-10(18)7-16)6-13(15-9)17-5-3-11(19)8-17/h6,10-11,18-19H,2-5,7-8H2,1H3/t10-,11-/m1/s1. The summed E-state index contributed by atoms with van der Waals surface area (Å²) in [5, 5.41) is 19.2. The van der Waals surface area contributed by atoms with Gasteiger partial charge >= 0.3 is 0 Å². The zero-order chi connectivity index (χ0) is 13.4. The molecule has 2 fully saturated rings. The lowest BCUT2D eigenvalue weighted by Crippen LogP contribution is -2.26. The Morgan fingerprint density at radius 3 is 1.84 bits per heavy atom. The first kappa shape index (κ1) is 12.6. The van der Waals surface area contributed by atoms with Crippen molar-refractivity contribution in [1.29, 1.82) is 0 Å². The Kier molecular flexibility index (Phi) is 3.28. The van der Waals surface area contributed by atoms with Gasteiger partial charge in [0.25, 0.3) is 0 Å². The highest BCUT2D eigenvalue weighted by Crippen LogP contribution is 2.25. The van der Waals surface area contributed by atoms with E-state index in [9.17, 15) is 10.2 Å². The van der Waals surface area contributed by atoms with Gasteiger partial charge in [0.2, 0.25) is 0 Å². The van der Waals surface area contributed by atoms with Crippen LogP contribution in [0.4, 0.5) is 11.6 Å². The minimum Gasteiger partial charge on any atom is -0.391 e. The molecule has 1 aromatic heterocycles. The van der Waals surface area contributed by atoms with Crippen LogP contribution in [0.15, 0.2) is 6.07 Å². The summed E-state index contributed by atoms with van der Waals surface area (Å²) >= 11 is 0. The first-order chi connectivity index (χ1) is 9.11. The zero-order valence-corrected chi connectivity index (χ0v) is 11.2. The van der Waals surface area contributed by atoms with Crippen LogP contribution >= 0.6 is 0 Å². The highest BCUT2D eigenvalue weighted by molar-refractivity contribution is 5.52. The predicted octanol–water partition coefficient (Wildman–Crippen LogP) is -0.0730. The summed E-state index contributed by atoms with van der Waals surface area (Å²) in [5.74, 6) is 2.48. The van der Waals surface area contributed by atoms with Gasteiger partial charge < -0.3 is 20.0 Å². The SMILES string of the molecule is Cc1nc(N2CC[C@@H](O)C2)cc(N2CC[C@@H](O)C2)n1. The number of hydrogen-bond donors (Lipinski definition) is 2. The highest BCUT2D eigenvalue weighted by Gasteiger charge is 2.25. The molecule has 2 aliphatic rings. The van der Waals surface area contributed by atoms with Crippen LogP contribution in [0.1, 0.15) is 18.7 Å². The fourth-order valence-electron chi connectivity index (χ4n) is 2.76. The molecule has 6 heteroatoms. The van der Waals surface area contributed by atoms with Crippen molar-refractivity contribution in [2.24, 2.45) is 0 Å². The average Bonchev–Trinajstić information content (AvgIpc) is 2.97. The second-order valence-corrected chi connectivity index (χ2v) is 5.41. The number of aliphatic hydroxyl groups excluding tert-OH is 2. The topological polar surface area (TPSA) is 72.7 Å². The molecule has 0 aliphatic carbocycles. The van der Waals surface area contributed by atoms with Gasteiger partial charge in [0, 0.05) is 32.2 Å². The van der Waals surface area contributed by atoms with Gasteiger partial charge in [-0.15, -0.1) is 0 Å². The van der Waals surface area contributed by atoms with Crippen LogP contribution in [-0.4, -0.2) is 58.6 Å². The van der Waals surface area contributed by atoms with Crippen LogP contribution in [0.3, 0.4) is 0 Å². The summed E-state index contributed by atoms with van der Waals surface area (Å²) < 4.78 is 0. The number of aliphatic hydroxyl groups is 2. The van der Waals surface area contributed by atoms with E-state index in [0.717, 1.165) is 43.4 Å². The van der Waals surface area contributed by atoms with Crippen LogP contribution in [0, 0.1) is 6.92 Å². The van der Waals surface area contributed by atoms with Gasteiger partial charge in [-0.3, -0.25) is 0 Å². The molecule has 0 spiro atoms.